The van der Waals surface area contributed by atoms with Crippen molar-refractivity contribution in [2.45, 2.75) is 11.4 Å². The molecule has 0 radical (unpaired) electrons. The average Bonchev–Trinajstić information content (AvgIpc) is 2.42. The van der Waals surface area contributed by atoms with Crippen molar-refractivity contribution in [3.8, 4) is 0 Å². The number of sulfonamides is 1. The van der Waals surface area contributed by atoms with E-state index in [-0.39, 0.29) is 10.6 Å². The van der Waals surface area contributed by atoms with Crippen molar-refractivity contribution in [1.82, 2.24) is 5.32 Å². The van der Waals surface area contributed by atoms with Gasteiger partial charge in [0.1, 0.15) is 5.82 Å². The first-order valence-electron chi connectivity index (χ1n) is 6.04. The Labute approximate surface area is 117 Å². The first-order valence-corrected chi connectivity index (χ1v) is 7.52. The lowest BCUT2D eigenvalue weighted by atomic mass is 10.2. The first-order chi connectivity index (χ1) is 9.53. The summed E-state index contributed by atoms with van der Waals surface area (Å²) in [7, 11) is -1.97. The molecule has 6 heteroatoms. The molecule has 0 saturated carbocycles. The fourth-order valence-corrected chi connectivity index (χ4v) is 2.81. The SMILES string of the molecule is CNCc1ccc(S(=O)(=O)Nc2ccccc2F)cc1. The number of nitrogens with one attached hydrogen (secondary N) is 2. The largest absolute Gasteiger partial charge is 0.316 e. The fourth-order valence-electron chi connectivity index (χ4n) is 1.74. The quantitative estimate of drug-likeness (QED) is 0.890. The van der Waals surface area contributed by atoms with Gasteiger partial charge in [0.25, 0.3) is 10.0 Å². The van der Waals surface area contributed by atoms with E-state index in [1.165, 1.54) is 30.3 Å². The van der Waals surface area contributed by atoms with Crippen molar-refractivity contribution in [3.05, 3.63) is 59.9 Å². The third-order valence-corrected chi connectivity index (χ3v) is 4.11. The van der Waals surface area contributed by atoms with Crippen LogP contribution >= 0.6 is 0 Å². The van der Waals surface area contributed by atoms with Crippen LogP contribution in [0.25, 0.3) is 0 Å². The molecular formula is C14H15FN2O2S. The highest BCUT2D eigenvalue weighted by atomic mass is 32.2. The maximum Gasteiger partial charge on any atom is 0.261 e. The topological polar surface area (TPSA) is 58.2 Å². The predicted octanol–water partition coefficient (Wildman–Crippen LogP) is 2.35. The Morgan fingerprint density at radius 1 is 1.05 bits per heavy atom. The molecule has 0 unspecified atom stereocenters. The first kappa shape index (κ1) is 14.5. The Morgan fingerprint density at radius 3 is 2.30 bits per heavy atom. The standard InChI is InChI=1S/C14H15FN2O2S/c1-16-10-11-6-8-12(9-7-11)20(18,19)17-14-5-3-2-4-13(14)15/h2-9,16-17H,10H2,1H3. The Bertz CT molecular complexity index is 685. The molecule has 2 rings (SSSR count). The molecule has 0 aliphatic rings. The average molecular weight is 294 g/mol. The molecule has 0 aromatic heterocycles. The molecule has 0 bridgehead atoms. The molecule has 20 heavy (non-hydrogen) atoms. The van der Waals surface area contributed by atoms with E-state index in [0.29, 0.717) is 6.54 Å². The van der Waals surface area contributed by atoms with E-state index in [1.54, 1.807) is 18.2 Å². The van der Waals surface area contributed by atoms with Gasteiger partial charge in [0, 0.05) is 6.54 Å². The maximum absolute atomic E-state index is 13.5. The van der Waals surface area contributed by atoms with Crippen molar-refractivity contribution in [2.24, 2.45) is 0 Å². The van der Waals surface area contributed by atoms with Crippen LogP contribution in [0.15, 0.2) is 53.4 Å². The van der Waals surface area contributed by atoms with Crippen molar-refractivity contribution in [2.75, 3.05) is 11.8 Å². The summed E-state index contributed by atoms with van der Waals surface area (Å²) in [6, 6.07) is 12.1. The maximum atomic E-state index is 13.5. The van der Waals surface area contributed by atoms with E-state index in [0.717, 1.165) is 5.56 Å². The third kappa shape index (κ3) is 3.34. The molecule has 4 nitrogen and oxygen atoms in total. The number of hydrogen-bond acceptors (Lipinski definition) is 3. The molecule has 0 amide bonds. The summed E-state index contributed by atoms with van der Waals surface area (Å²) in [4.78, 5) is 0.0978. The molecule has 106 valence electrons. The van der Waals surface area contributed by atoms with Crippen molar-refractivity contribution >= 4 is 15.7 Å². The normalized spacial score (nSPS) is 11.3. The predicted molar refractivity (Wildman–Crippen MR) is 76.4 cm³/mol. The molecule has 0 atom stereocenters. The van der Waals surface area contributed by atoms with Gasteiger partial charge < -0.3 is 5.32 Å². The zero-order valence-electron chi connectivity index (χ0n) is 10.9. The summed E-state index contributed by atoms with van der Waals surface area (Å²) in [5.41, 5.74) is 0.907. The highest BCUT2D eigenvalue weighted by Gasteiger charge is 2.15. The summed E-state index contributed by atoms with van der Waals surface area (Å²) in [5.74, 6) is -0.608. The second kappa shape index (κ2) is 6.02. The number of anilines is 1. The molecule has 0 spiro atoms. The smallest absolute Gasteiger partial charge is 0.261 e. The minimum absolute atomic E-state index is 0.0631. The van der Waals surface area contributed by atoms with Gasteiger partial charge in [-0.25, -0.2) is 12.8 Å². The van der Waals surface area contributed by atoms with Gasteiger partial charge in [-0.1, -0.05) is 24.3 Å². The van der Waals surface area contributed by atoms with Crippen molar-refractivity contribution in [3.63, 3.8) is 0 Å². The summed E-state index contributed by atoms with van der Waals surface area (Å²) >= 11 is 0. The van der Waals surface area contributed by atoms with Crippen LogP contribution in [0.3, 0.4) is 0 Å². The van der Waals surface area contributed by atoms with Gasteiger partial charge in [-0.05, 0) is 36.9 Å². The van der Waals surface area contributed by atoms with Crippen LogP contribution in [-0.2, 0) is 16.6 Å². The van der Waals surface area contributed by atoms with Gasteiger partial charge in [-0.2, -0.15) is 0 Å². The van der Waals surface area contributed by atoms with Crippen LogP contribution < -0.4 is 10.0 Å². The van der Waals surface area contributed by atoms with Gasteiger partial charge >= 0.3 is 0 Å². The Kier molecular flexibility index (Phi) is 4.36. The van der Waals surface area contributed by atoms with Gasteiger partial charge in [0.15, 0.2) is 0 Å². The number of para-hydroxylation sites is 1. The molecule has 0 aliphatic carbocycles. The van der Waals surface area contributed by atoms with Gasteiger partial charge in [-0.15, -0.1) is 0 Å². The lowest BCUT2D eigenvalue weighted by Gasteiger charge is -2.09. The Morgan fingerprint density at radius 2 is 1.70 bits per heavy atom. The Hall–Kier alpha value is -1.92. The fraction of sp³-hybridized carbons (Fsp3) is 0.143. The molecule has 0 saturated heterocycles. The molecule has 2 aromatic rings. The van der Waals surface area contributed by atoms with E-state index in [9.17, 15) is 12.8 Å². The lowest BCUT2D eigenvalue weighted by Crippen LogP contribution is -2.14. The monoisotopic (exact) mass is 294 g/mol. The number of halogens is 1. The minimum Gasteiger partial charge on any atom is -0.316 e. The highest BCUT2D eigenvalue weighted by Crippen LogP contribution is 2.19. The molecule has 2 N–H and O–H groups in total. The zero-order chi connectivity index (χ0) is 14.6. The highest BCUT2D eigenvalue weighted by molar-refractivity contribution is 7.92. The van der Waals surface area contributed by atoms with Crippen LogP contribution in [-0.4, -0.2) is 15.5 Å². The van der Waals surface area contributed by atoms with Crippen LogP contribution in [0.5, 0.6) is 0 Å². The molecular weight excluding hydrogens is 279 g/mol. The van der Waals surface area contributed by atoms with Gasteiger partial charge in [0.2, 0.25) is 0 Å². The van der Waals surface area contributed by atoms with Gasteiger partial charge in [0.05, 0.1) is 10.6 Å². The summed E-state index contributed by atoms with van der Waals surface area (Å²) in [6.45, 7) is 0.654. The van der Waals surface area contributed by atoms with E-state index < -0.39 is 15.8 Å². The minimum atomic E-state index is -3.78. The van der Waals surface area contributed by atoms with E-state index in [2.05, 4.69) is 10.0 Å². The Balaban J connectivity index is 2.24. The van der Waals surface area contributed by atoms with E-state index in [1.807, 2.05) is 7.05 Å². The van der Waals surface area contributed by atoms with Crippen LogP contribution in [0.1, 0.15) is 5.56 Å². The van der Waals surface area contributed by atoms with Crippen LogP contribution in [0.2, 0.25) is 0 Å². The second-order valence-electron chi connectivity index (χ2n) is 4.26. The zero-order valence-corrected chi connectivity index (χ0v) is 11.7. The molecule has 0 aliphatic heterocycles. The molecule has 0 heterocycles. The number of hydrogen-bond donors (Lipinski definition) is 2. The summed E-state index contributed by atoms with van der Waals surface area (Å²) < 4.78 is 40.0. The van der Waals surface area contributed by atoms with E-state index in [4.69, 9.17) is 0 Å². The number of benzene rings is 2. The van der Waals surface area contributed by atoms with Crippen molar-refractivity contribution in [1.29, 1.82) is 0 Å². The lowest BCUT2D eigenvalue weighted by molar-refractivity contribution is 0.598. The third-order valence-electron chi connectivity index (χ3n) is 2.73. The second-order valence-corrected chi connectivity index (χ2v) is 5.94. The summed E-state index contributed by atoms with van der Waals surface area (Å²) in [6.07, 6.45) is 0. The van der Waals surface area contributed by atoms with Gasteiger partial charge in [-0.3, -0.25) is 4.72 Å². The molecule has 0 fully saturated rings. The number of rotatable bonds is 5. The molecule has 2 aromatic carbocycles. The van der Waals surface area contributed by atoms with Crippen LogP contribution in [0.4, 0.5) is 10.1 Å². The van der Waals surface area contributed by atoms with Crippen molar-refractivity contribution < 1.29 is 12.8 Å². The van der Waals surface area contributed by atoms with Crippen LogP contribution in [0, 0.1) is 5.82 Å². The summed E-state index contributed by atoms with van der Waals surface area (Å²) in [5, 5.41) is 2.97. The van der Waals surface area contributed by atoms with E-state index >= 15 is 0 Å².